The van der Waals surface area contributed by atoms with Crippen molar-refractivity contribution in [3.8, 4) is 5.75 Å². The topological polar surface area (TPSA) is 49.9 Å². The van der Waals surface area contributed by atoms with Crippen LogP contribution in [0, 0.1) is 11.8 Å². The number of anilines is 1. The van der Waals surface area contributed by atoms with E-state index in [1.807, 2.05) is 35.2 Å². The molecule has 0 radical (unpaired) electrons. The van der Waals surface area contributed by atoms with Crippen LogP contribution in [0.3, 0.4) is 0 Å². The molecule has 5 nitrogen and oxygen atoms in total. The largest absolute Gasteiger partial charge is 0.495 e. The number of ether oxygens (including phenoxy) is 1. The highest BCUT2D eigenvalue weighted by Crippen LogP contribution is 2.34. The maximum atomic E-state index is 13.1. The first-order chi connectivity index (χ1) is 14.2. The van der Waals surface area contributed by atoms with E-state index in [1.54, 1.807) is 12.0 Å². The van der Waals surface area contributed by atoms with Gasteiger partial charge in [-0.15, -0.1) is 0 Å². The number of likely N-dealkylation sites (tertiary alicyclic amines) is 1. The number of benzene rings is 2. The lowest BCUT2D eigenvalue weighted by atomic mass is 9.89. The van der Waals surface area contributed by atoms with Gasteiger partial charge < -0.3 is 14.5 Å². The Kier molecular flexibility index (Phi) is 5.84. The smallest absolute Gasteiger partial charge is 0.228 e. The number of methoxy groups -OCH3 is 1. The molecule has 0 saturated carbocycles. The summed E-state index contributed by atoms with van der Waals surface area (Å²) in [7, 11) is 1.60. The van der Waals surface area contributed by atoms with E-state index in [0.717, 1.165) is 38.0 Å². The average Bonchev–Trinajstić information content (AvgIpc) is 3.16. The zero-order valence-corrected chi connectivity index (χ0v) is 16.9. The van der Waals surface area contributed by atoms with E-state index in [4.69, 9.17) is 4.74 Å². The van der Waals surface area contributed by atoms with Gasteiger partial charge in [0.05, 0.1) is 18.7 Å². The van der Waals surface area contributed by atoms with Crippen molar-refractivity contribution in [3.05, 3.63) is 60.2 Å². The molecule has 2 saturated heterocycles. The van der Waals surface area contributed by atoms with Crippen LogP contribution in [0.4, 0.5) is 5.69 Å². The molecule has 2 heterocycles. The Hall–Kier alpha value is -2.82. The minimum atomic E-state index is -0.266. The van der Waals surface area contributed by atoms with E-state index in [2.05, 4.69) is 24.3 Å². The third-order valence-electron chi connectivity index (χ3n) is 6.14. The monoisotopic (exact) mass is 392 g/mol. The predicted molar refractivity (Wildman–Crippen MR) is 113 cm³/mol. The van der Waals surface area contributed by atoms with E-state index in [0.29, 0.717) is 18.2 Å². The summed E-state index contributed by atoms with van der Waals surface area (Å²) in [5, 5.41) is 0. The van der Waals surface area contributed by atoms with Gasteiger partial charge in [0.2, 0.25) is 11.8 Å². The van der Waals surface area contributed by atoms with Gasteiger partial charge in [-0.3, -0.25) is 9.59 Å². The highest BCUT2D eigenvalue weighted by Gasteiger charge is 2.38. The van der Waals surface area contributed by atoms with E-state index in [1.165, 1.54) is 5.56 Å². The molecule has 29 heavy (non-hydrogen) atoms. The molecule has 2 aliphatic heterocycles. The van der Waals surface area contributed by atoms with Crippen LogP contribution in [0.15, 0.2) is 54.6 Å². The molecule has 2 amide bonds. The Morgan fingerprint density at radius 2 is 1.72 bits per heavy atom. The van der Waals surface area contributed by atoms with Crippen LogP contribution in [0.2, 0.25) is 0 Å². The lowest BCUT2D eigenvalue weighted by molar-refractivity contribution is -0.137. The third kappa shape index (κ3) is 4.29. The summed E-state index contributed by atoms with van der Waals surface area (Å²) in [6.07, 6.45) is 3.40. The quantitative estimate of drug-likeness (QED) is 0.782. The second-order valence-electron chi connectivity index (χ2n) is 8.04. The Bertz CT molecular complexity index is 859. The lowest BCUT2D eigenvalue weighted by Gasteiger charge is -2.33. The molecule has 2 aromatic carbocycles. The van der Waals surface area contributed by atoms with Gasteiger partial charge in [-0.1, -0.05) is 42.5 Å². The fourth-order valence-corrected chi connectivity index (χ4v) is 4.52. The van der Waals surface area contributed by atoms with Crippen molar-refractivity contribution in [2.24, 2.45) is 11.8 Å². The molecule has 0 N–H and O–H groups in total. The van der Waals surface area contributed by atoms with Gasteiger partial charge in [0.1, 0.15) is 5.75 Å². The van der Waals surface area contributed by atoms with Crippen LogP contribution in [-0.4, -0.2) is 43.5 Å². The summed E-state index contributed by atoms with van der Waals surface area (Å²) in [5.41, 5.74) is 2.11. The summed E-state index contributed by atoms with van der Waals surface area (Å²) in [6, 6.07) is 18.0. The third-order valence-corrected chi connectivity index (χ3v) is 6.14. The van der Waals surface area contributed by atoms with Crippen molar-refractivity contribution >= 4 is 17.5 Å². The first kappa shape index (κ1) is 19.5. The molecule has 0 aromatic heterocycles. The standard InChI is InChI=1S/C24H28N2O3/c1-29-22-10-6-5-9-21(22)26-17-20(16-23(26)27)24(28)25-13-11-19(12-14-25)15-18-7-3-2-4-8-18/h2-10,19-20H,11-17H2,1H3. The van der Waals surface area contributed by atoms with Gasteiger partial charge >= 0.3 is 0 Å². The lowest BCUT2D eigenvalue weighted by Crippen LogP contribution is -2.42. The van der Waals surface area contributed by atoms with Crippen molar-refractivity contribution in [1.29, 1.82) is 0 Å². The van der Waals surface area contributed by atoms with Crippen molar-refractivity contribution in [2.75, 3.05) is 31.6 Å². The number of hydrogen-bond donors (Lipinski definition) is 0. The molecule has 0 spiro atoms. The van der Waals surface area contributed by atoms with E-state index in [-0.39, 0.29) is 24.2 Å². The maximum absolute atomic E-state index is 13.1. The number of para-hydroxylation sites is 2. The predicted octanol–water partition coefficient (Wildman–Crippen LogP) is 3.53. The minimum absolute atomic E-state index is 0.00758. The Labute approximate surface area is 172 Å². The van der Waals surface area contributed by atoms with Crippen molar-refractivity contribution < 1.29 is 14.3 Å². The number of rotatable bonds is 5. The Morgan fingerprint density at radius 3 is 2.45 bits per heavy atom. The highest BCUT2D eigenvalue weighted by atomic mass is 16.5. The zero-order chi connectivity index (χ0) is 20.2. The molecule has 1 atom stereocenters. The number of amides is 2. The number of nitrogens with zero attached hydrogens (tertiary/aromatic N) is 2. The van der Waals surface area contributed by atoms with Crippen LogP contribution in [0.5, 0.6) is 5.75 Å². The van der Waals surface area contributed by atoms with Gasteiger partial charge in [-0.2, -0.15) is 0 Å². The SMILES string of the molecule is COc1ccccc1N1CC(C(=O)N2CCC(Cc3ccccc3)CC2)CC1=O. The van der Waals surface area contributed by atoms with Crippen molar-refractivity contribution in [3.63, 3.8) is 0 Å². The van der Waals surface area contributed by atoms with Crippen LogP contribution in [0.1, 0.15) is 24.8 Å². The maximum Gasteiger partial charge on any atom is 0.228 e. The van der Waals surface area contributed by atoms with Crippen molar-refractivity contribution in [2.45, 2.75) is 25.7 Å². The normalized spacial score (nSPS) is 20.2. The summed E-state index contributed by atoms with van der Waals surface area (Å²) < 4.78 is 5.39. The van der Waals surface area contributed by atoms with Crippen molar-refractivity contribution in [1.82, 2.24) is 4.90 Å². The number of piperidine rings is 1. The second-order valence-corrected chi connectivity index (χ2v) is 8.04. The minimum Gasteiger partial charge on any atom is -0.495 e. The molecule has 152 valence electrons. The summed E-state index contributed by atoms with van der Waals surface area (Å²) in [6.45, 7) is 2.01. The molecule has 2 fully saturated rings. The Balaban J connectivity index is 1.34. The first-order valence-electron chi connectivity index (χ1n) is 10.4. The van der Waals surface area contributed by atoms with Gasteiger partial charge in [0.25, 0.3) is 0 Å². The first-order valence-corrected chi connectivity index (χ1v) is 10.4. The van der Waals surface area contributed by atoms with Crippen LogP contribution in [0.25, 0.3) is 0 Å². The van der Waals surface area contributed by atoms with Gasteiger partial charge in [0.15, 0.2) is 0 Å². The second kappa shape index (κ2) is 8.68. The van der Waals surface area contributed by atoms with E-state index in [9.17, 15) is 9.59 Å². The molecule has 0 aliphatic carbocycles. The van der Waals surface area contributed by atoms with E-state index >= 15 is 0 Å². The molecule has 5 heteroatoms. The van der Waals surface area contributed by atoms with Gasteiger partial charge in [-0.05, 0) is 42.9 Å². The number of carbonyl (C=O) groups is 2. The zero-order valence-electron chi connectivity index (χ0n) is 16.9. The number of hydrogen-bond acceptors (Lipinski definition) is 3. The fraction of sp³-hybridized carbons (Fsp3) is 0.417. The fourth-order valence-electron chi connectivity index (χ4n) is 4.52. The molecular formula is C24H28N2O3. The molecule has 2 aromatic rings. The Morgan fingerprint density at radius 1 is 1.03 bits per heavy atom. The molecule has 0 bridgehead atoms. The summed E-state index contributed by atoms with van der Waals surface area (Å²) in [4.78, 5) is 29.3. The van der Waals surface area contributed by atoms with Crippen LogP contribution < -0.4 is 9.64 Å². The highest BCUT2D eigenvalue weighted by molar-refractivity contribution is 6.01. The summed E-state index contributed by atoms with van der Waals surface area (Å²) in [5.74, 6) is 1.13. The number of carbonyl (C=O) groups excluding carboxylic acids is 2. The van der Waals surface area contributed by atoms with Gasteiger partial charge in [0, 0.05) is 26.1 Å². The van der Waals surface area contributed by atoms with E-state index < -0.39 is 0 Å². The molecule has 1 unspecified atom stereocenters. The summed E-state index contributed by atoms with van der Waals surface area (Å²) >= 11 is 0. The van der Waals surface area contributed by atoms with Crippen LogP contribution >= 0.6 is 0 Å². The average molecular weight is 392 g/mol. The van der Waals surface area contributed by atoms with Gasteiger partial charge in [-0.25, -0.2) is 0 Å². The van der Waals surface area contributed by atoms with Crippen LogP contribution in [-0.2, 0) is 16.0 Å². The molecule has 2 aliphatic rings. The molecule has 4 rings (SSSR count). The molecular weight excluding hydrogens is 364 g/mol.